The van der Waals surface area contributed by atoms with E-state index in [1.165, 1.54) is 37.4 Å². The Morgan fingerprint density at radius 2 is 2.18 bits per heavy atom. The van der Waals surface area contributed by atoms with E-state index >= 15 is 0 Å². The van der Waals surface area contributed by atoms with E-state index in [1.54, 1.807) is 4.52 Å². The predicted octanol–water partition coefficient (Wildman–Crippen LogP) is 2.32. The van der Waals surface area contributed by atoms with Crippen molar-refractivity contribution >= 4 is 23.4 Å². The van der Waals surface area contributed by atoms with Gasteiger partial charge in [-0.15, -0.1) is 0 Å². The summed E-state index contributed by atoms with van der Waals surface area (Å²) in [6.45, 7) is 1.93. The van der Waals surface area contributed by atoms with Crippen LogP contribution in [-0.2, 0) is 4.79 Å². The van der Waals surface area contributed by atoms with Crippen molar-refractivity contribution in [1.82, 2.24) is 24.5 Å². The van der Waals surface area contributed by atoms with Crippen molar-refractivity contribution in [3.05, 3.63) is 18.1 Å². The first kappa shape index (κ1) is 15.3. The van der Waals surface area contributed by atoms with E-state index in [2.05, 4.69) is 15.1 Å². The van der Waals surface area contributed by atoms with Crippen LogP contribution in [0.25, 0.3) is 5.78 Å². The van der Waals surface area contributed by atoms with Crippen molar-refractivity contribution in [2.45, 2.75) is 50.1 Å². The third-order valence-corrected chi connectivity index (χ3v) is 5.18. The van der Waals surface area contributed by atoms with E-state index in [0.29, 0.717) is 17.6 Å². The largest absolute Gasteiger partial charge is 0.342 e. The topological polar surface area (TPSA) is 63.4 Å². The summed E-state index contributed by atoms with van der Waals surface area (Å²) in [4.78, 5) is 22.8. The molecule has 0 aliphatic heterocycles. The minimum atomic E-state index is 0.180. The second-order valence-electron chi connectivity index (χ2n) is 5.79. The first-order valence-corrected chi connectivity index (χ1v) is 8.69. The van der Waals surface area contributed by atoms with Crippen LogP contribution in [0, 0.1) is 6.92 Å². The Balaban J connectivity index is 1.65. The monoisotopic (exact) mass is 319 g/mol. The molecule has 1 amide bonds. The molecular weight excluding hydrogens is 298 g/mol. The zero-order chi connectivity index (χ0) is 15.5. The Morgan fingerprint density at radius 1 is 1.41 bits per heavy atom. The summed E-state index contributed by atoms with van der Waals surface area (Å²) in [5, 5.41) is 5.08. The van der Waals surface area contributed by atoms with Crippen LogP contribution in [0.1, 0.15) is 37.8 Å². The number of aromatic nitrogens is 4. The molecule has 7 heteroatoms. The van der Waals surface area contributed by atoms with Crippen LogP contribution in [-0.4, -0.2) is 49.2 Å². The Kier molecular flexibility index (Phi) is 4.61. The van der Waals surface area contributed by atoms with Crippen LogP contribution in [0.3, 0.4) is 0 Å². The van der Waals surface area contributed by atoms with Crippen molar-refractivity contribution < 1.29 is 4.79 Å². The summed E-state index contributed by atoms with van der Waals surface area (Å²) >= 11 is 1.50. The Labute approximate surface area is 134 Å². The van der Waals surface area contributed by atoms with Gasteiger partial charge in [0.25, 0.3) is 5.78 Å². The van der Waals surface area contributed by atoms with Gasteiger partial charge in [-0.25, -0.2) is 4.98 Å². The Hall–Kier alpha value is -1.63. The molecule has 0 saturated heterocycles. The summed E-state index contributed by atoms with van der Waals surface area (Å²) in [5.74, 6) is 1.18. The van der Waals surface area contributed by atoms with Gasteiger partial charge in [0.2, 0.25) is 5.91 Å². The molecule has 22 heavy (non-hydrogen) atoms. The molecule has 1 saturated carbocycles. The lowest BCUT2D eigenvalue weighted by atomic mass is 9.94. The number of aryl methyl sites for hydroxylation is 1. The molecule has 0 atom stereocenters. The molecule has 0 unspecified atom stereocenters. The number of amides is 1. The van der Waals surface area contributed by atoms with Gasteiger partial charge in [-0.1, -0.05) is 31.0 Å². The van der Waals surface area contributed by atoms with E-state index in [1.807, 2.05) is 24.9 Å². The molecule has 2 aromatic rings. The molecule has 1 fully saturated rings. The summed E-state index contributed by atoms with van der Waals surface area (Å²) in [6.07, 6.45) is 7.52. The molecule has 0 aromatic carbocycles. The molecule has 3 rings (SSSR count). The number of thioether (sulfide) groups is 1. The lowest BCUT2D eigenvalue weighted by molar-refractivity contribution is -0.129. The second kappa shape index (κ2) is 6.64. The number of carbonyl (C=O) groups excluding carboxylic acids is 1. The molecule has 1 aliphatic rings. The van der Waals surface area contributed by atoms with Crippen molar-refractivity contribution in [2.75, 3.05) is 12.8 Å². The first-order valence-electron chi connectivity index (χ1n) is 7.71. The van der Waals surface area contributed by atoms with Gasteiger partial charge in [0.1, 0.15) is 11.4 Å². The first-order chi connectivity index (χ1) is 10.6. The van der Waals surface area contributed by atoms with E-state index < -0.39 is 0 Å². The summed E-state index contributed by atoms with van der Waals surface area (Å²) in [6, 6.07) is 2.35. The van der Waals surface area contributed by atoms with E-state index in [9.17, 15) is 4.79 Å². The number of carbonyl (C=O) groups is 1. The molecule has 6 nitrogen and oxygen atoms in total. The third-order valence-electron chi connectivity index (χ3n) is 4.21. The van der Waals surface area contributed by atoms with Gasteiger partial charge < -0.3 is 4.90 Å². The van der Waals surface area contributed by atoms with Crippen LogP contribution >= 0.6 is 11.8 Å². The normalized spacial score (nSPS) is 16.1. The maximum Gasteiger partial charge on any atom is 0.253 e. The Bertz CT molecular complexity index is 665. The zero-order valence-corrected chi connectivity index (χ0v) is 13.8. The highest BCUT2D eigenvalue weighted by Crippen LogP contribution is 2.24. The van der Waals surface area contributed by atoms with Gasteiger partial charge in [0.15, 0.2) is 0 Å². The van der Waals surface area contributed by atoms with Crippen molar-refractivity contribution in [2.24, 2.45) is 0 Å². The molecule has 118 valence electrons. The summed E-state index contributed by atoms with van der Waals surface area (Å²) in [7, 11) is 1.93. The van der Waals surface area contributed by atoms with E-state index in [0.717, 1.165) is 23.6 Å². The summed E-state index contributed by atoms with van der Waals surface area (Å²) in [5.41, 5.74) is 0.885. The average Bonchev–Trinajstić information content (AvgIpc) is 3.00. The van der Waals surface area contributed by atoms with Gasteiger partial charge in [-0.2, -0.15) is 14.6 Å². The average molecular weight is 319 g/mol. The standard InChI is InChI=1S/C15H21N5OS/c1-11-8-14(20-15(18-11)16-10-17-20)22-9-13(21)19(2)12-6-4-3-5-7-12/h8,10,12H,3-7,9H2,1-2H3. The maximum absolute atomic E-state index is 12.4. The molecule has 0 bridgehead atoms. The van der Waals surface area contributed by atoms with Gasteiger partial charge in [-0.3, -0.25) is 4.79 Å². The lowest BCUT2D eigenvalue weighted by Gasteiger charge is -2.31. The number of rotatable bonds is 4. The van der Waals surface area contributed by atoms with Crippen LogP contribution in [0.2, 0.25) is 0 Å². The van der Waals surface area contributed by atoms with Gasteiger partial charge in [-0.05, 0) is 25.8 Å². The van der Waals surface area contributed by atoms with Crippen LogP contribution in [0.5, 0.6) is 0 Å². The quantitative estimate of drug-likeness (QED) is 0.639. The fraction of sp³-hybridized carbons (Fsp3) is 0.600. The fourth-order valence-electron chi connectivity index (χ4n) is 2.91. The highest BCUT2D eigenvalue weighted by atomic mass is 32.2. The van der Waals surface area contributed by atoms with Crippen molar-refractivity contribution in [3.63, 3.8) is 0 Å². The number of hydrogen-bond donors (Lipinski definition) is 0. The lowest BCUT2D eigenvalue weighted by Crippen LogP contribution is -2.39. The zero-order valence-electron chi connectivity index (χ0n) is 13.0. The van der Waals surface area contributed by atoms with Crippen molar-refractivity contribution in [3.8, 4) is 0 Å². The van der Waals surface area contributed by atoms with E-state index in [4.69, 9.17) is 0 Å². The maximum atomic E-state index is 12.4. The Morgan fingerprint density at radius 3 is 2.95 bits per heavy atom. The third kappa shape index (κ3) is 3.24. The fourth-order valence-corrected chi connectivity index (χ4v) is 3.89. The summed E-state index contributed by atoms with van der Waals surface area (Å²) < 4.78 is 1.69. The van der Waals surface area contributed by atoms with Crippen LogP contribution in [0.4, 0.5) is 0 Å². The van der Waals surface area contributed by atoms with Gasteiger partial charge in [0.05, 0.1) is 5.75 Å². The molecular formula is C15H21N5OS. The second-order valence-corrected chi connectivity index (χ2v) is 6.79. The minimum Gasteiger partial charge on any atom is -0.342 e. The van der Waals surface area contributed by atoms with E-state index in [-0.39, 0.29) is 5.91 Å². The molecule has 1 aliphatic carbocycles. The molecule has 0 N–H and O–H groups in total. The molecule has 2 aromatic heterocycles. The molecule has 2 heterocycles. The van der Waals surface area contributed by atoms with Crippen LogP contribution in [0.15, 0.2) is 17.4 Å². The number of hydrogen-bond acceptors (Lipinski definition) is 5. The minimum absolute atomic E-state index is 0.180. The van der Waals surface area contributed by atoms with Crippen molar-refractivity contribution in [1.29, 1.82) is 0 Å². The van der Waals surface area contributed by atoms with Gasteiger partial charge in [0, 0.05) is 18.8 Å². The highest BCUT2D eigenvalue weighted by molar-refractivity contribution is 7.99. The molecule has 0 spiro atoms. The SMILES string of the molecule is Cc1cc(SCC(=O)N(C)C2CCCCC2)n2ncnc2n1. The number of nitrogens with zero attached hydrogens (tertiary/aromatic N) is 5. The predicted molar refractivity (Wildman–Crippen MR) is 85.9 cm³/mol. The van der Waals surface area contributed by atoms with Gasteiger partial charge >= 0.3 is 0 Å². The van der Waals surface area contributed by atoms with Crippen LogP contribution < -0.4 is 0 Å². The number of fused-ring (bicyclic) bond motifs is 1. The highest BCUT2D eigenvalue weighted by Gasteiger charge is 2.22. The smallest absolute Gasteiger partial charge is 0.253 e. The molecule has 0 radical (unpaired) electrons.